The van der Waals surface area contributed by atoms with E-state index in [2.05, 4.69) is 0 Å². The molecule has 0 aromatic heterocycles. The molecule has 0 bridgehead atoms. The van der Waals surface area contributed by atoms with Crippen molar-refractivity contribution in [1.29, 1.82) is 0 Å². The van der Waals surface area contributed by atoms with Gasteiger partial charge in [0.2, 0.25) is 0 Å². The normalized spacial score (nSPS) is 9.88. The van der Waals surface area contributed by atoms with Crippen molar-refractivity contribution in [3.05, 3.63) is 23.5 Å². The SMILES string of the molecule is CCOC(=O)Cc1cc(OC)c(OC)cc1F. The first-order chi connectivity index (χ1) is 8.12. The number of carbonyl (C=O) groups is 1. The Hall–Kier alpha value is -1.78. The second-order valence-corrected chi connectivity index (χ2v) is 3.28. The summed E-state index contributed by atoms with van der Waals surface area (Å²) in [6.45, 7) is 1.97. The standard InChI is InChI=1S/C12H15FO4/c1-4-17-12(14)6-8-5-10(15-2)11(16-3)7-9(8)13/h5,7H,4,6H2,1-3H3. The lowest BCUT2D eigenvalue weighted by molar-refractivity contribution is -0.142. The molecule has 0 saturated carbocycles. The van der Waals surface area contributed by atoms with E-state index in [1.165, 1.54) is 26.4 Å². The van der Waals surface area contributed by atoms with Gasteiger partial charge in [0, 0.05) is 11.6 Å². The van der Waals surface area contributed by atoms with E-state index in [0.717, 1.165) is 0 Å². The van der Waals surface area contributed by atoms with Crippen LogP contribution < -0.4 is 9.47 Å². The van der Waals surface area contributed by atoms with Gasteiger partial charge in [-0.3, -0.25) is 4.79 Å². The van der Waals surface area contributed by atoms with E-state index >= 15 is 0 Å². The third-order valence-corrected chi connectivity index (χ3v) is 2.19. The van der Waals surface area contributed by atoms with Gasteiger partial charge in [-0.05, 0) is 13.0 Å². The van der Waals surface area contributed by atoms with Crippen molar-refractivity contribution in [2.75, 3.05) is 20.8 Å². The molecule has 0 atom stereocenters. The zero-order valence-electron chi connectivity index (χ0n) is 10.1. The van der Waals surface area contributed by atoms with Gasteiger partial charge in [0.25, 0.3) is 0 Å². The van der Waals surface area contributed by atoms with Gasteiger partial charge in [-0.25, -0.2) is 4.39 Å². The number of ether oxygens (including phenoxy) is 3. The molecule has 17 heavy (non-hydrogen) atoms. The third-order valence-electron chi connectivity index (χ3n) is 2.19. The molecule has 0 saturated heterocycles. The summed E-state index contributed by atoms with van der Waals surface area (Å²) >= 11 is 0. The fraction of sp³-hybridized carbons (Fsp3) is 0.417. The Bertz CT molecular complexity index is 404. The van der Waals surface area contributed by atoms with Crippen LogP contribution in [0, 0.1) is 5.82 Å². The minimum absolute atomic E-state index is 0.125. The van der Waals surface area contributed by atoms with Crippen molar-refractivity contribution in [3.63, 3.8) is 0 Å². The number of hydrogen-bond donors (Lipinski definition) is 0. The van der Waals surface area contributed by atoms with Gasteiger partial charge in [-0.2, -0.15) is 0 Å². The molecule has 0 aliphatic rings. The molecule has 0 aliphatic heterocycles. The Morgan fingerprint density at radius 1 is 1.24 bits per heavy atom. The van der Waals surface area contributed by atoms with E-state index in [1.807, 2.05) is 0 Å². The smallest absolute Gasteiger partial charge is 0.310 e. The number of rotatable bonds is 5. The first-order valence-corrected chi connectivity index (χ1v) is 5.18. The summed E-state index contributed by atoms with van der Waals surface area (Å²) in [6, 6.07) is 2.62. The molecule has 1 aromatic carbocycles. The highest BCUT2D eigenvalue weighted by molar-refractivity contribution is 5.73. The van der Waals surface area contributed by atoms with Crippen molar-refractivity contribution in [1.82, 2.24) is 0 Å². The minimum atomic E-state index is -0.518. The lowest BCUT2D eigenvalue weighted by atomic mass is 10.1. The highest BCUT2D eigenvalue weighted by Crippen LogP contribution is 2.30. The first-order valence-electron chi connectivity index (χ1n) is 5.18. The molecule has 0 heterocycles. The summed E-state index contributed by atoms with van der Waals surface area (Å²) in [5.74, 6) is -0.319. The van der Waals surface area contributed by atoms with Crippen LogP contribution in [0.1, 0.15) is 12.5 Å². The molecule has 0 amide bonds. The molecule has 4 nitrogen and oxygen atoms in total. The molecule has 0 fully saturated rings. The number of esters is 1. The first kappa shape index (κ1) is 13.3. The quantitative estimate of drug-likeness (QED) is 0.740. The molecule has 5 heteroatoms. The monoisotopic (exact) mass is 242 g/mol. The maximum atomic E-state index is 13.6. The fourth-order valence-corrected chi connectivity index (χ4v) is 1.40. The lowest BCUT2D eigenvalue weighted by Gasteiger charge is -2.10. The van der Waals surface area contributed by atoms with Crippen LogP contribution >= 0.6 is 0 Å². The molecule has 0 unspecified atom stereocenters. The van der Waals surface area contributed by atoms with E-state index in [0.29, 0.717) is 5.75 Å². The second-order valence-electron chi connectivity index (χ2n) is 3.28. The van der Waals surface area contributed by atoms with Crippen LogP contribution in [-0.4, -0.2) is 26.8 Å². The van der Waals surface area contributed by atoms with Gasteiger partial charge in [0.1, 0.15) is 5.82 Å². The van der Waals surface area contributed by atoms with Gasteiger partial charge in [0.05, 0.1) is 27.2 Å². The van der Waals surface area contributed by atoms with Crippen LogP contribution in [0.25, 0.3) is 0 Å². The largest absolute Gasteiger partial charge is 0.493 e. The van der Waals surface area contributed by atoms with E-state index in [1.54, 1.807) is 6.92 Å². The summed E-state index contributed by atoms with van der Waals surface area (Å²) in [4.78, 5) is 11.3. The maximum Gasteiger partial charge on any atom is 0.310 e. The predicted molar refractivity (Wildman–Crippen MR) is 59.8 cm³/mol. The molecule has 0 aliphatic carbocycles. The molecule has 0 spiro atoms. The van der Waals surface area contributed by atoms with Crippen LogP contribution in [0.4, 0.5) is 4.39 Å². The Kier molecular flexibility index (Phi) is 4.75. The van der Waals surface area contributed by atoms with Crippen molar-refractivity contribution in [2.24, 2.45) is 0 Å². The van der Waals surface area contributed by atoms with Crippen LogP contribution in [0.5, 0.6) is 11.5 Å². The van der Waals surface area contributed by atoms with Gasteiger partial charge in [-0.1, -0.05) is 0 Å². The van der Waals surface area contributed by atoms with Crippen molar-refractivity contribution >= 4 is 5.97 Å². The Morgan fingerprint density at radius 2 is 1.82 bits per heavy atom. The van der Waals surface area contributed by atoms with Crippen molar-refractivity contribution in [3.8, 4) is 11.5 Å². The summed E-state index contributed by atoms with van der Waals surface area (Å²) in [7, 11) is 2.87. The van der Waals surface area contributed by atoms with Gasteiger partial charge < -0.3 is 14.2 Å². The fourth-order valence-electron chi connectivity index (χ4n) is 1.40. The van der Waals surface area contributed by atoms with Gasteiger partial charge in [-0.15, -0.1) is 0 Å². The lowest BCUT2D eigenvalue weighted by Crippen LogP contribution is -2.09. The zero-order chi connectivity index (χ0) is 12.8. The number of benzene rings is 1. The van der Waals surface area contributed by atoms with Crippen molar-refractivity contribution in [2.45, 2.75) is 13.3 Å². The number of methoxy groups -OCH3 is 2. The minimum Gasteiger partial charge on any atom is -0.493 e. The predicted octanol–water partition coefficient (Wildman–Crippen LogP) is 1.95. The molecule has 1 rings (SSSR count). The third kappa shape index (κ3) is 3.34. The summed E-state index contributed by atoms with van der Waals surface area (Å²) in [6.07, 6.45) is -0.125. The Morgan fingerprint density at radius 3 is 2.35 bits per heavy atom. The Labute approximate surface area is 99.3 Å². The second kappa shape index (κ2) is 6.08. The molecule has 94 valence electrons. The van der Waals surface area contributed by atoms with E-state index in [4.69, 9.17) is 14.2 Å². The molecule has 0 radical (unpaired) electrons. The van der Waals surface area contributed by atoms with Crippen LogP contribution in [0.2, 0.25) is 0 Å². The summed E-state index contributed by atoms with van der Waals surface area (Å²) < 4.78 is 28.3. The molecular weight excluding hydrogens is 227 g/mol. The zero-order valence-corrected chi connectivity index (χ0v) is 10.1. The van der Waals surface area contributed by atoms with E-state index in [9.17, 15) is 9.18 Å². The van der Waals surface area contributed by atoms with E-state index < -0.39 is 11.8 Å². The highest BCUT2D eigenvalue weighted by Gasteiger charge is 2.14. The molecule has 1 aromatic rings. The van der Waals surface area contributed by atoms with Crippen LogP contribution in [0.3, 0.4) is 0 Å². The van der Waals surface area contributed by atoms with E-state index in [-0.39, 0.29) is 24.3 Å². The maximum absolute atomic E-state index is 13.6. The average molecular weight is 242 g/mol. The number of halogens is 1. The van der Waals surface area contributed by atoms with Crippen LogP contribution in [-0.2, 0) is 16.0 Å². The number of carbonyl (C=O) groups excluding carboxylic acids is 1. The topological polar surface area (TPSA) is 44.8 Å². The van der Waals surface area contributed by atoms with Crippen molar-refractivity contribution < 1.29 is 23.4 Å². The highest BCUT2D eigenvalue weighted by atomic mass is 19.1. The van der Waals surface area contributed by atoms with Gasteiger partial charge >= 0.3 is 5.97 Å². The average Bonchev–Trinajstić information content (AvgIpc) is 2.31. The van der Waals surface area contributed by atoms with Crippen LogP contribution in [0.15, 0.2) is 12.1 Å². The van der Waals surface area contributed by atoms with Gasteiger partial charge in [0.15, 0.2) is 11.5 Å². The number of hydrogen-bond acceptors (Lipinski definition) is 4. The molecular formula is C12H15FO4. The Balaban J connectivity index is 2.96. The molecule has 0 N–H and O–H groups in total. The summed E-state index contributed by atoms with van der Waals surface area (Å²) in [5.41, 5.74) is 0.223. The summed E-state index contributed by atoms with van der Waals surface area (Å²) in [5, 5.41) is 0.